The second kappa shape index (κ2) is 6.49. The van der Waals surface area contributed by atoms with Gasteiger partial charge in [0.1, 0.15) is 5.75 Å². The van der Waals surface area contributed by atoms with E-state index in [4.69, 9.17) is 0 Å². The maximum atomic E-state index is 10.3. The highest BCUT2D eigenvalue weighted by Crippen LogP contribution is 2.35. The largest absolute Gasteiger partial charge is 0.508 e. The molecule has 3 nitrogen and oxygen atoms in total. The van der Waals surface area contributed by atoms with Crippen molar-refractivity contribution < 1.29 is 5.11 Å². The molecule has 0 bridgehead atoms. The summed E-state index contributed by atoms with van der Waals surface area (Å²) in [6.45, 7) is 7.68. The van der Waals surface area contributed by atoms with Crippen LogP contribution >= 0.6 is 0 Å². The first-order valence-corrected chi connectivity index (χ1v) is 7.79. The summed E-state index contributed by atoms with van der Waals surface area (Å²) in [7, 11) is 1.91. The summed E-state index contributed by atoms with van der Waals surface area (Å²) in [6.07, 6.45) is 3.77. The molecule has 1 unspecified atom stereocenters. The lowest BCUT2D eigenvalue weighted by atomic mass is 10.1. The van der Waals surface area contributed by atoms with Crippen LogP contribution in [0.5, 0.6) is 5.75 Å². The molecule has 0 radical (unpaired) electrons. The fourth-order valence-electron chi connectivity index (χ4n) is 2.54. The van der Waals surface area contributed by atoms with Crippen LogP contribution in [0.15, 0.2) is 18.2 Å². The van der Waals surface area contributed by atoms with Gasteiger partial charge in [0.05, 0.1) is 0 Å². The Balaban J connectivity index is 2.15. The number of hydrogen-bond donors (Lipinski definition) is 2. The van der Waals surface area contributed by atoms with Gasteiger partial charge in [-0.1, -0.05) is 19.9 Å². The van der Waals surface area contributed by atoms with Crippen molar-refractivity contribution in [3.63, 3.8) is 0 Å². The summed E-state index contributed by atoms with van der Waals surface area (Å²) in [6, 6.07) is 7.00. The van der Waals surface area contributed by atoms with E-state index in [0.717, 1.165) is 17.8 Å². The van der Waals surface area contributed by atoms with E-state index in [1.165, 1.54) is 19.3 Å². The molecule has 3 heteroatoms. The first kappa shape index (κ1) is 15.2. The average Bonchev–Trinajstić information content (AvgIpc) is 3.22. The Morgan fingerprint density at radius 3 is 2.50 bits per heavy atom. The third kappa shape index (κ3) is 3.66. The number of benzene rings is 1. The van der Waals surface area contributed by atoms with Crippen molar-refractivity contribution in [1.29, 1.82) is 0 Å². The van der Waals surface area contributed by atoms with E-state index in [0.29, 0.717) is 17.7 Å². The average molecular weight is 276 g/mol. The standard InChI is InChI=1S/C17H28N2O/c1-12(2)9-10-19(14-5-6-14)15-7-8-16(13(3)18-4)17(20)11-15/h7-8,11-14,18,20H,5-6,9-10H2,1-4H3. The molecule has 1 aromatic carbocycles. The third-order valence-corrected chi connectivity index (χ3v) is 4.18. The molecular weight excluding hydrogens is 248 g/mol. The number of hydrogen-bond acceptors (Lipinski definition) is 3. The number of rotatable bonds is 7. The van der Waals surface area contributed by atoms with Gasteiger partial charge in [0.15, 0.2) is 0 Å². The third-order valence-electron chi connectivity index (χ3n) is 4.18. The van der Waals surface area contributed by atoms with Gasteiger partial charge < -0.3 is 15.3 Å². The number of phenols is 1. The molecule has 1 aromatic rings. The lowest BCUT2D eigenvalue weighted by Gasteiger charge is -2.26. The highest BCUT2D eigenvalue weighted by molar-refractivity contribution is 5.55. The second-order valence-electron chi connectivity index (χ2n) is 6.36. The zero-order chi connectivity index (χ0) is 14.7. The molecule has 0 saturated heterocycles. The molecule has 0 spiro atoms. The van der Waals surface area contributed by atoms with Gasteiger partial charge in [-0.2, -0.15) is 0 Å². The summed E-state index contributed by atoms with van der Waals surface area (Å²) >= 11 is 0. The molecule has 112 valence electrons. The van der Waals surface area contributed by atoms with Gasteiger partial charge in [-0.25, -0.2) is 0 Å². The Bertz CT molecular complexity index is 441. The van der Waals surface area contributed by atoms with Gasteiger partial charge in [0.25, 0.3) is 0 Å². The van der Waals surface area contributed by atoms with Crippen LogP contribution in [0.4, 0.5) is 5.69 Å². The highest BCUT2D eigenvalue weighted by atomic mass is 16.3. The van der Waals surface area contributed by atoms with E-state index in [9.17, 15) is 5.11 Å². The van der Waals surface area contributed by atoms with Crippen LogP contribution in [0.2, 0.25) is 0 Å². The first-order valence-electron chi connectivity index (χ1n) is 7.79. The summed E-state index contributed by atoms with van der Waals surface area (Å²) < 4.78 is 0. The van der Waals surface area contributed by atoms with Crippen LogP contribution in [-0.4, -0.2) is 24.7 Å². The fourth-order valence-corrected chi connectivity index (χ4v) is 2.54. The minimum atomic E-state index is 0.175. The molecule has 0 aromatic heterocycles. The zero-order valence-corrected chi connectivity index (χ0v) is 13.2. The van der Waals surface area contributed by atoms with Crippen molar-refractivity contribution in [3.8, 4) is 5.75 Å². The van der Waals surface area contributed by atoms with E-state index >= 15 is 0 Å². The number of aromatic hydroxyl groups is 1. The van der Waals surface area contributed by atoms with E-state index in [-0.39, 0.29) is 6.04 Å². The normalized spacial score (nSPS) is 16.4. The molecule has 1 fully saturated rings. The van der Waals surface area contributed by atoms with Crippen LogP contribution in [0, 0.1) is 5.92 Å². The van der Waals surface area contributed by atoms with Crippen molar-refractivity contribution in [3.05, 3.63) is 23.8 Å². The van der Waals surface area contributed by atoms with E-state index in [2.05, 4.69) is 43.1 Å². The number of nitrogens with zero attached hydrogens (tertiary/aromatic N) is 1. The van der Waals surface area contributed by atoms with Gasteiger partial charge in [0, 0.05) is 35.9 Å². The van der Waals surface area contributed by atoms with Crippen molar-refractivity contribution in [2.24, 2.45) is 5.92 Å². The molecule has 1 saturated carbocycles. The predicted octanol–water partition coefficient (Wildman–Crippen LogP) is 3.69. The van der Waals surface area contributed by atoms with Crippen LogP contribution in [0.3, 0.4) is 0 Å². The monoisotopic (exact) mass is 276 g/mol. The van der Waals surface area contributed by atoms with Crippen molar-refractivity contribution in [2.45, 2.75) is 52.1 Å². The molecule has 1 atom stereocenters. The summed E-state index contributed by atoms with van der Waals surface area (Å²) in [5.41, 5.74) is 2.13. The smallest absolute Gasteiger partial charge is 0.122 e. The Labute approximate surface area is 123 Å². The summed E-state index contributed by atoms with van der Waals surface area (Å²) in [5, 5.41) is 13.4. The van der Waals surface area contributed by atoms with Crippen molar-refractivity contribution in [1.82, 2.24) is 5.32 Å². The molecule has 2 rings (SSSR count). The number of anilines is 1. The quantitative estimate of drug-likeness (QED) is 0.797. The number of nitrogens with one attached hydrogen (secondary N) is 1. The topological polar surface area (TPSA) is 35.5 Å². The van der Waals surface area contributed by atoms with Crippen LogP contribution in [-0.2, 0) is 0 Å². The molecule has 0 heterocycles. The molecule has 1 aliphatic carbocycles. The molecule has 0 aliphatic heterocycles. The maximum Gasteiger partial charge on any atom is 0.122 e. The summed E-state index contributed by atoms with van der Waals surface area (Å²) in [4.78, 5) is 2.47. The molecule has 20 heavy (non-hydrogen) atoms. The van der Waals surface area contributed by atoms with Gasteiger partial charge in [-0.05, 0) is 45.2 Å². The van der Waals surface area contributed by atoms with E-state index in [1.807, 2.05) is 13.1 Å². The van der Waals surface area contributed by atoms with E-state index in [1.54, 1.807) is 0 Å². The van der Waals surface area contributed by atoms with Crippen molar-refractivity contribution in [2.75, 3.05) is 18.5 Å². The van der Waals surface area contributed by atoms with Gasteiger partial charge in [0.2, 0.25) is 0 Å². The van der Waals surface area contributed by atoms with Crippen LogP contribution in [0.1, 0.15) is 51.6 Å². The first-order chi connectivity index (χ1) is 9.52. The zero-order valence-electron chi connectivity index (χ0n) is 13.2. The Hall–Kier alpha value is -1.22. The molecule has 1 aliphatic rings. The highest BCUT2D eigenvalue weighted by Gasteiger charge is 2.29. The molecule has 2 N–H and O–H groups in total. The predicted molar refractivity (Wildman–Crippen MR) is 85.4 cm³/mol. The maximum absolute atomic E-state index is 10.3. The minimum Gasteiger partial charge on any atom is -0.508 e. The van der Waals surface area contributed by atoms with Gasteiger partial charge in [-0.15, -0.1) is 0 Å². The summed E-state index contributed by atoms with van der Waals surface area (Å²) in [5.74, 6) is 1.12. The van der Waals surface area contributed by atoms with E-state index < -0.39 is 0 Å². The van der Waals surface area contributed by atoms with Crippen LogP contribution in [0.25, 0.3) is 0 Å². The Morgan fingerprint density at radius 1 is 1.30 bits per heavy atom. The number of phenolic OH excluding ortho intramolecular Hbond substituents is 1. The lowest BCUT2D eigenvalue weighted by Crippen LogP contribution is -2.27. The van der Waals surface area contributed by atoms with Gasteiger partial charge >= 0.3 is 0 Å². The SMILES string of the molecule is CNC(C)c1ccc(N(CCC(C)C)C2CC2)cc1O. The minimum absolute atomic E-state index is 0.175. The van der Waals surface area contributed by atoms with Crippen molar-refractivity contribution >= 4 is 5.69 Å². The Kier molecular flexibility index (Phi) is 4.92. The van der Waals surface area contributed by atoms with Crippen LogP contribution < -0.4 is 10.2 Å². The Morgan fingerprint density at radius 2 is 2.00 bits per heavy atom. The lowest BCUT2D eigenvalue weighted by molar-refractivity contribution is 0.457. The fraction of sp³-hybridized carbons (Fsp3) is 0.647. The van der Waals surface area contributed by atoms with Gasteiger partial charge in [-0.3, -0.25) is 0 Å². The molecule has 0 amide bonds. The second-order valence-corrected chi connectivity index (χ2v) is 6.36. The molecular formula is C17H28N2O.